The molecule has 1 aromatic heterocycles. The van der Waals surface area contributed by atoms with Crippen molar-refractivity contribution in [1.82, 2.24) is 9.55 Å². The third-order valence-electron chi connectivity index (χ3n) is 3.00. The first-order valence-electron chi connectivity index (χ1n) is 5.47. The number of aliphatic hydroxyl groups is 1. The van der Waals surface area contributed by atoms with Crippen molar-refractivity contribution >= 4 is 0 Å². The molecule has 0 aromatic carbocycles. The van der Waals surface area contributed by atoms with Crippen LogP contribution in [-0.2, 0) is 4.74 Å². The summed E-state index contributed by atoms with van der Waals surface area (Å²) in [5, 5.41) is 8.91. The molecule has 1 aliphatic heterocycles. The van der Waals surface area contributed by atoms with Crippen LogP contribution in [0.2, 0.25) is 0 Å². The van der Waals surface area contributed by atoms with Crippen LogP contribution in [0.25, 0.3) is 0 Å². The minimum Gasteiger partial charge on any atom is -0.394 e. The molecule has 1 aromatic rings. The lowest BCUT2D eigenvalue weighted by atomic mass is 10.0. The van der Waals surface area contributed by atoms with Crippen molar-refractivity contribution in [3.63, 3.8) is 0 Å². The maximum absolute atomic E-state index is 12.7. The Kier molecular flexibility index (Phi) is 3.50. The normalized spacial score (nSPS) is 27.7. The highest BCUT2D eigenvalue weighted by atomic mass is 19.4. The average molecular weight is 280 g/mol. The molecule has 0 bridgehead atoms. The number of aliphatic hydroxyl groups excluding tert-OH is 1. The predicted molar refractivity (Wildman–Crippen MR) is 56.5 cm³/mol. The highest BCUT2D eigenvalue weighted by Crippen LogP contribution is 2.42. The van der Waals surface area contributed by atoms with Crippen molar-refractivity contribution in [2.24, 2.45) is 5.92 Å². The molecular formula is C10H11F3N2O4. The second kappa shape index (κ2) is 4.82. The van der Waals surface area contributed by atoms with Crippen molar-refractivity contribution in [3.05, 3.63) is 33.1 Å². The zero-order chi connectivity index (χ0) is 14.2. The molecule has 6 nitrogen and oxygen atoms in total. The Hall–Kier alpha value is -1.61. The van der Waals surface area contributed by atoms with Gasteiger partial charge in [0.1, 0.15) is 6.23 Å². The fourth-order valence-electron chi connectivity index (χ4n) is 2.07. The number of alkyl halides is 3. The summed E-state index contributed by atoms with van der Waals surface area (Å²) in [6.07, 6.45) is -6.51. The van der Waals surface area contributed by atoms with Crippen molar-refractivity contribution < 1.29 is 23.0 Å². The van der Waals surface area contributed by atoms with Gasteiger partial charge in [0, 0.05) is 18.7 Å². The summed E-state index contributed by atoms with van der Waals surface area (Å²) in [4.78, 5) is 24.3. The number of rotatable bonds is 2. The molecule has 3 atom stereocenters. The zero-order valence-corrected chi connectivity index (χ0v) is 9.55. The number of aromatic nitrogens is 2. The molecule has 0 radical (unpaired) electrons. The van der Waals surface area contributed by atoms with Gasteiger partial charge in [0.05, 0.1) is 18.6 Å². The molecular weight excluding hydrogens is 269 g/mol. The van der Waals surface area contributed by atoms with Crippen LogP contribution in [0.3, 0.4) is 0 Å². The maximum atomic E-state index is 12.7. The summed E-state index contributed by atoms with van der Waals surface area (Å²) in [5.41, 5.74) is -1.50. The van der Waals surface area contributed by atoms with Crippen LogP contribution in [0.1, 0.15) is 12.6 Å². The number of ether oxygens (including phenoxy) is 1. The van der Waals surface area contributed by atoms with Crippen molar-refractivity contribution in [3.8, 4) is 0 Å². The van der Waals surface area contributed by atoms with Gasteiger partial charge in [-0.05, 0) is 0 Å². The van der Waals surface area contributed by atoms with E-state index in [1.807, 2.05) is 4.98 Å². The Morgan fingerprint density at radius 1 is 1.47 bits per heavy atom. The van der Waals surface area contributed by atoms with E-state index in [-0.39, 0.29) is 0 Å². The van der Waals surface area contributed by atoms with Gasteiger partial charge in [0.15, 0.2) is 0 Å². The van der Waals surface area contributed by atoms with E-state index in [9.17, 15) is 22.8 Å². The SMILES string of the molecule is O=c1ccn(C2CC(C(F)(F)F)C(CO)O2)c(=O)[nH]1. The fraction of sp³-hybridized carbons (Fsp3) is 0.600. The molecule has 0 spiro atoms. The van der Waals surface area contributed by atoms with Gasteiger partial charge >= 0.3 is 11.9 Å². The van der Waals surface area contributed by atoms with Gasteiger partial charge < -0.3 is 9.84 Å². The molecule has 1 aliphatic rings. The summed E-state index contributed by atoms with van der Waals surface area (Å²) in [7, 11) is 0. The quantitative estimate of drug-likeness (QED) is 0.798. The van der Waals surface area contributed by atoms with E-state index in [1.165, 1.54) is 0 Å². The Labute approximate surface area is 104 Å². The highest BCUT2D eigenvalue weighted by molar-refractivity contribution is 4.90. The van der Waals surface area contributed by atoms with Crippen molar-refractivity contribution in [1.29, 1.82) is 0 Å². The molecule has 9 heteroatoms. The first kappa shape index (κ1) is 13.8. The Morgan fingerprint density at radius 2 is 2.16 bits per heavy atom. The number of aromatic amines is 1. The fourth-order valence-corrected chi connectivity index (χ4v) is 2.07. The van der Waals surface area contributed by atoms with Gasteiger partial charge in [0.25, 0.3) is 5.56 Å². The summed E-state index contributed by atoms with van der Waals surface area (Å²) >= 11 is 0. The summed E-state index contributed by atoms with van der Waals surface area (Å²) in [5.74, 6) is -1.85. The lowest BCUT2D eigenvalue weighted by Gasteiger charge is -2.18. The molecule has 19 heavy (non-hydrogen) atoms. The molecule has 106 valence electrons. The number of nitrogens with one attached hydrogen (secondary N) is 1. The van der Waals surface area contributed by atoms with Crippen LogP contribution < -0.4 is 11.2 Å². The molecule has 0 amide bonds. The minimum absolute atomic E-state index is 0.485. The second-order valence-electron chi connectivity index (χ2n) is 4.21. The van der Waals surface area contributed by atoms with Crippen molar-refractivity contribution in [2.75, 3.05) is 6.61 Å². The number of H-pyrrole nitrogens is 1. The van der Waals surface area contributed by atoms with Crippen LogP contribution in [0.5, 0.6) is 0 Å². The Morgan fingerprint density at radius 3 is 2.63 bits per heavy atom. The van der Waals surface area contributed by atoms with Crippen molar-refractivity contribution in [2.45, 2.75) is 24.9 Å². The van der Waals surface area contributed by atoms with Crippen LogP contribution >= 0.6 is 0 Å². The molecule has 2 N–H and O–H groups in total. The van der Waals surface area contributed by atoms with E-state index in [2.05, 4.69) is 0 Å². The predicted octanol–water partition coefficient (Wildman–Crippen LogP) is -0.00510. The summed E-state index contributed by atoms with van der Waals surface area (Å²) in [6.45, 7) is -0.793. The lowest BCUT2D eigenvalue weighted by molar-refractivity contribution is -0.190. The van der Waals surface area contributed by atoms with Gasteiger partial charge in [-0.1, -0.05) is 0 Å². The molecule has 1 saturated heterocycles. The van der Waals surface area contributed by atoms with Gasteiger partial charge in [-0.25, -0.2) is 4.79 Å². The Balaban J connectivity index is 2.29. The number of hydrogen-bond donors (Lipinski definition) is 2. The number of halogens is 3. The molecule has 2 heterocycles. The van der Waals surface area contributed by atoms with E-state index in [0.717, 1.165) is 16.8 Å². The minimum atomic E-state index is -4.52. The first-order chi connectivity index (χ1) is 8.82. The molecule has 1 fully saturated rings. The standard InChI is InChI=1S/C10H11F3N2O4/c11-10(12,13)5-3-8(19-6(5)4-16)15-2-1-7(17)14-9(15)18/h1-2,5-6,8,16H,3-4H2,(H,14,17,18). The zero-order valence-electron chi connectivity index (χ0n) is 9.55. The van der Waals surface area contributed by atoms with E-state index in [0.29, 0.717) is 0 Å². The monoisotopic (exact) mass is 280 g/mol. The Bertz CT molecular complexity index is 565. The topological polar surface area (TPSA) is 84.3 Å². The lowest BCUT2D eigenvalue weighted by Crippen LogP contribution is -2.32. The van der Waals surface area contributed by atoms with Gasteiger partial charge in [0.2, 0.25) is 0 Å². The van der Waals surface area contributed by atoms with E-state index in [4.69, 9.17) is 9.84 Å². The van der Waals surface area contributed by atoms with Gasteiger partial charge in [-0.15, -0.1) is 0 Å². The summed E-state index contributed by atoms with van der Waals surface area (Å²) in [6, 6.07) is 1.01. The van der Waals surface area contributed by atoms with Crippen LogP contribution in [0, 0.1) is 5.92 Å². The van der Waals surface area contributed by atoms with Gasteiger partial charge in [-0.3, -0.25) is 14.3 Å². The van der Waals surface area contributed by atoms with Crippen LogP contribution in [0.4, 0.5) is 13.2 Å². The first-order valence-corrected chi connectivity index (χ1v) is 5.47. The maximum Gasteiger partial charge on any atom is 0.394 e. The molecule has 0 aliphatic carbocycles. The average Bonchev–Trinajstić information content (AvgIpc) is 2.72. The summed E-state index contributed by atoms with van der Waals surface area (Å²) < 4.78 is 44.0. The largest absolute Gasteiger partial charge is 0.394 e. The third kappa shape index (κ3) is 2.71. The highest BCUT2D eigenvalue weighted by Gasteiger charge is 2.51. The third-order valence-corrected chi connectivity index (χ3v) is 3.00. The van der Waals surface area contributed by atoms with Gasteiger partial charge in [-0.2, -0.15) is 13.2 Å². The number of hydrogen-bond acceptors (Lipinski definition) is 4. The van der Waals surface area contributed by atoms with Crippen LogP contribution in [0.15, 0.2) is 21.9 Å². The smallest absolute Gasteiger partial charge is 0.394 e. The molecule has 3 unspecified atom stereocenters. The molecule has 2 rings (SSSR count). The second-order valence-corrected chi connectivity index (χ2v) is 4.21. The van der Waals surface area contributed by atoms with E-state index >= 15 is 0 Å². The number of nitrogens with zero attached hydrogens (tertiary/aromatic N) is 1. The van der Waals surface area contributed by atoms with E-state index < -0.39 is 48.7 Å². The van der Waals surface area contributed by atoms with Crippen LogP contribution in [-0.4, -0.2) is 33.5 Å². The molecule has 0 saturated carbocycles. The van der Waals surface area contributed by atoms with E-state index in [1.54, 1.807) is 0 Å².